The van der Waals surface area contributed by atoms with E-state index in [1.165, 1.54) is 0 Å². The summed E-state index contributed by atoms with van der Waals surface area (Å²) in [6.07, 6.45) is -1.98. The van der Waals surface area contributed by atoms with E-state index in [1.807, 2.05) is 0 Å². The van der Waals surface area contributed by atoms with Crippen LogP contribution in [0.5, 0.6) is 0 Å². The largest absolute Gasteiger partial charge is 0.481 e. The minimum atomic E-state index is -4.81. The van der Waals surface area contributed by atoms with Gasteiger partial charge in [0.1, 0.15) is 6.42 Å². The predicted molar refractivity (Wildman–Crippen MR) is 28.0 cm³/mol. The van der Waals surface area contributed by atoms with Crippen molar-refractivity contribution in [1.29, 1.82) is 0 Å². The number of rotatable bonds is 3. The monoisotopic (exact) mass is 194 g/mol. The third kappa shape index (κ3) is 2.92. The molecule has 0 radical (unpaired) electrons. The molecule has 0 aromatic carbocycles. The zero-order valence-corrected chi connectivity index (χ0v) is 5.71. The minimum absolute atomic E-state index is 1.98. The topological polar surface area (TPSA) is 37.3 Å². The highest BCUT2D eigenvalue weighted by atomic mass is 35.5. The maximum atomic E-state index is 11.9. The molecule has 0 atom stereocenters. The Kier molecular flexibility index (Phi) is 2.71. The molecular formula is C4H3ClF4O2. The molecule has 0 unspecified atom stereocenters. The van der Waals surface area contributed by atoms with Gasteiger partial charge in [-0.05, 0) is 11.6 Å². The highest BCUT2D eigenvalue weighted by Gasteiger charge is 2.56. The quantitative estimate of drug-likeness (QED) is 0.551. The standard InChI is InChI=1S/C4H3ClF4O2/c5-4(8,9)3(6,7)1-2(10)11/h1H2,(H,10,11). The van der Waals surface area contributed by atoms with Crippen molar-refractivity contribution in [1.82, 2.24) is 0 Å². The van der Waals surface area contributed by atoms with Crippen molar-refractivity contribution in [3.05, 3.63) is 0 Å². The van der Waals surface area contributed by atoms with Crippen LogP contribution >= 0.6 is 11.6 Å². The number of hydrogen-bond donors (Lipinski definition) is 1. The zero-order chi connectivity index (χ0) is 9.28. The van der Waals surface area contributed by atoms with Crippen molar-refractivity contribution in [3.63, 3.8) is 0 Å². The summed E-state index contributed by atoms with van der Waals surface area (Å²) in [5.74, 6) is -6.74. The summed E-state index contributed by atoms with van der Waals surface area (Å²) in [7, 11) is 0. The van der Waals surface area contributed by atoms with Crippen LogP contribution in [0.2, 0.25) is 0 Å². The average Bonchev–Trinajstić information content (AvgIpc) is 1.56. The van der Waals surface area contributed by atoms with Crippen LogP contribution in [0.3, 0.4) is 0 Å². The summed E-state index contributed by atoms with van der Waals surface area (Å²) in [5.41, 5.74) is 0. The highest BCUT2D eigenvalue weighted by molar-refractivity contribution is 6.22. The van der Waals surface area contributed by atoms with Crippen LogP contribution in [0.15, 0.2) is 0 Å². The van der Waals surface area contributed by atoms with Gasteiger partial charge in [0.05, 0.1) is 0 Å². The second kappa shape index (κ2) is 2.84. The lowest BCUT2D eigenvalue weighted by Gasteiger charge is -2.18. The summed E-state index contributed by atoms with van der Waals surface area (Å²) in [6.45, 7) is 0. The van der Waals surface area contributed by atoms with E-state index < -0.39 is 23.7 Å². The van der Waals surface area contributed by atoms with Crippen molar-refractivity contribution in [2.45, 2.75) is 17.7 Å². The molecule has 11 heavy (non-hydrogen) atoms. The van der Waals surface area contributed by atoms with Gasteiger partial charge in [-0.25, -0.2) is 0 Å². The van der Waals surface area contributed by atoms with E-state index in [4.69, 9.17) is 5.11 Å². The molecule has 0 aromatic rings. The number of carbonyl (C=O) groups is 1. The summed E-state index contributed by atoms with van der Waals surface area (Å²) < 4.78 is 47.1. The molecule has 0 spiro atoms. The Labute approximate surface area is 63.8 Å². The molecule has 0 rings (SSSR count). The molecule has 66 valence electrons. The summed E-state index contributed by atoms with van der Waals surface area (Å²) in [6, 6.07) is 0. The number of halogens is 5. The van der Waals surface area contributed by atoms with Crippen molar-refractivity contribution in [2.24, 2.45) is 0 Å². The molecule has 0 aromatic heterocycles. The van der Waals surface area contributed by atoms with E-state index in [2.05, 4.69) is 11.6 Å². The second-order valence-electron chi connectivity index (χ2n) is 1.77. The van der Waals surface area contributed by atoms with Gasteiger partial charge in [0.2, 0.25) is 0 Å². The highest BCUT2D eigenvalue weighted by Crippen LogP contribution is 2.39. The Morgan fingerprint density at radius 2 is 1.73 bits per heavy atom. The Morgan fingerprint density at radius 1 is 1.36 bits per heavy atom. The SMILES string of the molecule is O=C(O)CC(F)(F)C(F)(F)Cl. The van der Waals surface area contributed by atoms with Gasteiger partial charge in [-0.15, -0.1) is 0 Å². The van der Waals surface area contributed by atoms with Gasteiger partial charge < -0.3 is 5.11 Å². The number of alkyl halides is 5. The molecule has 0 fully saturated rings. The van der Waals surface area contributed by atoms with E-state index in [0.29, 0.717) is 0 Å². The molecule has 0 aliphatic heterocycles. The maximum Gasteiger partial charge on any atom is 0.384 e. The molecule has 7 heteroatoms. The van der Waals surface area contributed by atoms with Gasteiger partial charge in [-0.2, -0.15) is 17.6 Å². The maximum absolute atomic E-state index is 11.9. The lowest BCUT2D eigenvalue weighted by atomic mass is 10.2. The summed E-state index contributed by atoms with van der Waals surface area (Å²) in [4.78, 5) is 9.59. The van der Waals surface area contributed by atoms with Gasteiger partial charge in [-0.3, -0.25) is 4.79 Å². The van der Waals surface area contributed by atoms with Gasteiger partial charge in [0.15, 0.2) is 0 Å². The molecular weight excluding hydrogens is 191 g/mol. The first-order chi connectivity index (χ1) is 4.67. The third-order valence-corrected chi connectivity index (χ3v) is 1.06. The summed E-state index contributed by atoms with van der Waals surface area (Å²) >= 11 is 3.92. The second-order valence-corrected chi connectivity index (χ2v) is 2.25. The fourth-order valence-corrected chi connectivity index (χ4v) is 0.357. The normalized spacial score (nSPS) is 13.2. The number of carboxylic acids is 1. The third-order valence-electron chi connectivity index (χ3n) is 0.788. The van der Waals surface area contributed by atoms with Crippen LogP contribution in [0.1, 0.15) is 6.42 Å². The Morgan fingerprint density at radius 3 is 1.82 bits per heavy atom. The van der Waals surface area contributed by atoms with Gasteiger partial charge in [0.25, 0.3) is 0 Å². The van der Waals surface area contributed by atoms with Crippen LogP contribution in [0, 0.1) is 0 Å². The molecule has 0 saturated carbocycles. The number of aliphatic carboxylic acids is 1. The van der Waals surface area contributed by atoms with Crippen LogP contribution in [-0.4, -0.2) is 22.4 Å². The fourth-order valence-electron chi connectivity index (χ4n) is 0.290. The first-order valence-corrected chi connectivity index (χ1v) is 2.71. The summed E-state index contributed by atoms with van der Waals surface area (Å²) in [5, 5.41) is 2.93. The first kappa shape index (κ1) is 10.5. The fraction of sp³-hybridized carbons (Fsp3) is 0.750. The van der Waals surface area contributed by atoms with Crippen molar-refractivity contribution in [2.75, 3.05) is 0 Å². The number of hydrogen-bond acceptors (Lipinski definition) is 1. The molecule has 0 saturated heterocycles. The van der Waals surface area contributed by atoms with E-state index in [1.54, 1.807) is 0 Å². The minimum Gasteiger partial charge on any atom is -0.481 e. The smallest absolute Gasteiger partial charge is 0.384 e. The molecule has 0 heterocycles. The molecule has 1 N–H and O–H groups in total. The Balaban J connectivity index is 4.34. The lowest BCUT2D eigenvalue weighted by Crippen LogP contribution is -2.37. The van der Waals surface area contributed by atoms with E-state index in [-0.39, 0.29) is 0 Å². The van der Waals surface area contributed by atoms with Gasteiger partial charge in [0, 0.05) is 0 Å². The molecule has 2 nitrogen and oxygen atoms in total. The van der Waals surface area contributed by atoms with Crippen LogP contribution in [0.25, 0.3) is 0 Å². The lowest BCUT2D eigenvalue weighted by molar-refractivity contribution is -0.177. The van der Waals surface area contributed by atoms with Crippen molar-refractivity contribution >= 4 is 17.6 Å². The van der Waals surface area contributed by atoms with Gasteiger partial charge in [-0.1, -0.05) is 0 Å². The zero-order valence-electron chi connectivity index (χ0n) is 4.95. The van der Waals surface area contributed by atoms with E-state index >= 15 is 0 Å². The van der Waals surface area contributed by atoms with E-state index in [0.717, 1.165) is 0 Å². The first-order valence-electron chi connectivity index (χ1n) is 2.33. The van der Waals surface area contributed by atoms with E-state index in [9.17, 15) is 22.4 Å². The molecule has 0 aliphatic rings. The van der Waals surface area contributed by atoms with Crippen molar-refractivity contribution < 1.29 is 27.5 Å². The average molecular weight is 195 g/mol. The van der Waals surface area contributed by atoms with Gasteiger partial charge >= 0.3 is 17.3 Å². The number of carboxylic acid groups (broad SMARTS) is 1. The van der Waals surface area contributed by atoms with Crippen LogP contribution in [-0.2, 0) is 4.79 Å². The molecule has 0 bridgehead atoms. The Hall–Kier alpha value is -0.520. The Bertz CT molecular complexity index is 164. The van der Waals surface area contributed by atoms with Crippen molar-refractivity contribution in [3.8, 4) is 0 Å². The van der Waals surface area contributed by atoms with Crippen LogP contribution < -0.4 is 0 Å². The molecule has 0 amide bonds. The predicted octanol–water partition coefficient (Wildman–Crippen LogP) is 1.93. The van der Waals surface area contributed by atoms with Crippen LogP contribution in [0.4, 0.5) is 17.6 Å². The molecule has 0 aliphatic carbocycles.